The van der Waals surface area contributed by atoms with Crippen molar-refractivity contribution in [3.8, 4) is 16.9 Å². The van der Waals surface area contributed by atoms with Gasteiger partial charge in [0.25, 0.3) is 5.91 Å². The number of aromatic nitrogens is 2. The zero-order valence-corrected chi connectivity index (χ0v) is 16.8. The number of benzene rings is 2. The second-order valence-electron chi connectivity index (χ2n) is 7.13. The number of ether oxygens (including phenoxy) is 1. The van der Waals surface area contributed by atoms with E-state index < -0.39 is 12.4 Å². The highest BCUT2D eigenvalue weighted by Crippen LogP contribution is 2.27. The van der Waals surface area contributed by atoms with Gasteiger partial charge in [0.1, 0.15) is 23.1 Å². The lowest BCUT2D eigenvalue weighted by Crippen LogP contribution is -2.36. The van der Waals surface area contributed by atoms with Gasteiger partial charge in [-0.25, -0.2) is 9.37 Å². The molecule has 0 aliphatic rings. The molecule has 0 saturated heterocycles. The van der Waals surface area contributed by atoms with Crippen LogP contribution in [0.5, 0.6) is 5.75 Å². The van der Waals surface area contributed by atoms with Crippen molar-refractivity contribution in [1.29, 1.82) is 0 Å². The summed E-state index contributed by atoms with van der Waals surface area (Å²) < 4.78 is 43.4. The highest BCUT2D eigenvalue weighted by molar-refractivity contribution is 5.92. The molecule has 0 saturated carbocycles. The Balaban J connectivity index is 1.85. The van der Waals surface area contributed by atoms with Crippen molar-refractivity contribution in [3.05, 3.63) is 71.6 Å². The van der Waals surface area contributed by atoms with Crippen molar-refractivity contribution in [3.63, 3.8) is 0 Å². The second kappa shape index (κ2) is 9.02. The molecular formula is C22H22F3N3O2. The molecule has 1 heterocycles. The summed E-state index contributed by atoms with van der Waals surface area (Å²) in [4.78, 5) is 21.5. The Bertz CT molecular complexity index is 1020. The molecule has 0 bridgehead atoms. The lowest BCUT2D eigenvalue weighted by Gasteiger charge is -2.26. The minimum Gasteiger partial charge on any atom is -0.435 e. The fourth-order valence-corrected chi connectivity index (χ4v) is 3.08. The van der Waals surface area contributed by atoms with Crippen LogP contribution in [0.3, 0.4) is 0 Å². The number of hydrogen-bond donors (Lipinski definition) is 1. The molecule has 3 aromatic rings. The van der Waals surface area contributed by atoms with Crippen LogP contribution < -0.4 is 4.74 Å². The number of nitrogens with zero attached hydrogens (tertiary/aromatic N) is 2. The number of carbonyl (C=O) groups excluding carboxylic acids is 1. The summed E-state index contributed by atoms with van der Waals surface area (Å²) in [6.07, 6.45) is 1.49. The Morgan fingerprint density at radius 1 is 1.17 bits per heavy atom. The maximum absolute atomic E-state index is 14.4. The summed E-state index contributed by atoms with van der Waals surface area (Å²) in [7, 11) is 0. The molecule has 2 aromatic carbocycles. The molecule has 0 spiro atoms. The third kappa shape index (κ3) is 5.00. The third-order valence-corrected chi connectivity index (χ3v) is 4.59. The van der Waals surface area contributed by atoms with E-state index in [1.807, 2.05) is 13.8 Å². The first kappa shape index (κ1) is 21.4. The van der Waals surface area contributed by atoms with Gasteiger partial charge in [0.2, 0.25) is 0 Å². The van der Waals surface area contributed by atoms with Gasteiger partial charge in [-0.3, -0.25) is 4.79 Å². The largest absolute Gasteiger partial charge is 0.435 e. The maximum Gasteiger partial charge on any atom is 0.387 e. The predicted octanol–water partition coefficient (Wildman–Crippen LogP) is 5.18. The molecule has 5 nitrogen and oxygen atoms in total. The number of aryl methyl sites for hydroxylation is 1. The summed E-state index contributed by atoms with van der Waals surface area (Å²) in [5.41, 5.74) is 1.95. The SMILES string of the molecule is Cc1ncc(C(=O)N(Cc2ccc(F)c(-c3ccc(OC(F)F)cc3)c2)C(C)C)[nH]1. The van der Waals surface area contributed by atoms with Gasteiger partial charge in [0.15, 0.2) is 0 Å². The summed E-state index contributed by atoms with van der Waals surface area (Å²) in [6, 6.07) is 10.2. The molecular weight excluding hydrogens is 395 g/mol. The van der Waals surface area contributed by atoms with Crippen LogP contribution >= 0.6 is 0 Å². The minimum absolute atomic E-state index is 0.00302. The normalized spacial score (nSPS) is 11.2. The highest BCUT2D eigenvalue weighted by Gasteiger charge is 2.21. The number of aromatic amines is 1. The van der Waals surface area contributed by atoms with Crippen LogP contribution in [0, 0.1) is 12.7 Å². The molecule has 8 heteroatoms. The Morgan fingerprint density at radius 2 is 1.87 bits per heavy atom. The molecule has 158 valence electrons. The Morgan fingerprint density at radius 3 is 2.43 bits per heavy atom. The van der Waals surface area contributed by atoms with E-state index >= 15 is 0 Å². The van der Waals surface area contributed by atoms with E-state index in [-0.39, 0.29) is 24.2 Å². The van der Waals surface area contributed by atoms with Crippen molar-refractivity contribution in [2.24, 2.45) is 0 Å². The fourth-order valence-electron chi connectivity index (χ4n) is 3.08. The molecule has 0 atom stereocenters. The zero-order valence-electron chi connectivity index (χ0n) is 16.8. The molecule has 0 radical (unpaired) electrons. The highest BCUT2D eigenvalue weighted by atomic mass is 19.3. The Hall–Kier alpha value is -3.29. The first-order valence-electron chi connectivity index (χ1n) is 9.41. The third-order valence-electron chi connectivity index (χ3n) is 4.59. The minimum atomic E-state index is -2.92. The number of alkyl halides is 2. The molecule has 0 aliphatic heterocycles. The Labute approximate surface area is 172 Å². The smallest absolute Gasteiger partial charge is 0.387 e. The van der Waals surface area contributed by atoms with Crippen LogP contribution in [0.15, 0.2) is 48.7 Å². The van der Waals surface area contributed by atoms with Gasteiger partial charge in [-0.05, 0) is 56.2 Å². The van der Waals surface area contributed by atoms with Crippen LogP contribution in [0.4, 0.5) is 13.2 Å². The van der Waals surface area contributed by atoms with E-state index in [1.165, 1.54) is 36.5 Å². The average Bonchev–Trinajstić information content (AvgIpc) is 3.13. The summed E-state index contributed by atoms with van der Waals surface area (Å²) in [5, 5.41) is 0. The van der Waals surface area contributed by atoms with Crippen LogP contribution in [0.1, 0.15) is 35.7 Å². The summed E-state index contributed by atoms with van der Waals surface area (Å²) in [6.45, 7) is 2.91. The predicted molar refractivity (Wildman–Crippen MR) is 107 cm³/mol. The lowest BCUT2D eigenvalue weighted by molar-refractivity contribution is -0.0498. The molecule has 30 heavy (non-hydrogen) atoms. The van der Waals surface area contributed by atoms with Crippen molar-refractivity contribution in [2.75, 3.05) is 0 Å². The van der Waals surface area contributed by atoms with Gasteiger partial charge in [-0.1, -0.05) is 18.2 Å². The zero-order chi connectivity index (χ0) is 21.8. The van der Waals surface area contributed by atoms with E-state index in [0.29, 0.717) is 22.6 Å². The monoisotopic (exact) mass is 417 g/mol. The van der Waals surface area contributed by atoms with Crippen LogP contribution in [-0.2, 0) is 6.54 Å². The maximum atomic E-state index is 14.4. The number of carbonyl (C=O) groups is 1. The standard InChI is InChI=1S/C22H22F3N3O2/c1-13(2)28(21(29)20-11-26-14(3)27-20)12-15-4-9-19(23)18(10-15)16-5-7-17(8-6-16)30-22(24)25/h4-11,13,22H,12H2,1-3H3,(H,26,27). The number of nitrogens with one attached hydrogen (secondary N) is 1. The first-order chi connectivity index (χ1) is 14.2. The quantitative estimate of drug-likeness (QED) is 0.577. The van der Waals surface area contributed by atoms with Crippen molar-refractivity contribution < 1.29 is 22.7 Å². The van der Waals surface area contributed by atoms with Gasteiger partial charge < -0.3 is 14.6 Å². The van der Waals surface area contributed by atoms with E-state index in [1.54, 1.807) is 24.0 Å². The first-order valence-corrected chi connectivity index (χ1v) is 9.41. The number of H-pyrrole nitrogens is 1. The van der Waals surface area contributed by atoms with E-state index in [9.17, 15) is 18.0 Å². The van der Waals surface area contributed by atoms with Crippen LogP contribution in [0.2, 0.25) is 0 Å². The summed E-state index contributed by atoms with van der Waals surface area (Å²) >= 11 is 0. The summed E-state index contributed by atoms with van der Waals surface area (Å²) in [5.74, 6) is -0.0139. The number of hydrogen-bond acceptors (Lipinski definition) is 3. The molecule has 1 amide bonds. The average molecular weight is 417 g/mol. The molecule has 3 rings (SSSR count). The van der Waals surface area contributed by atoms with Crippen LogP contribution in [-0.4, -0.2) is 33.4 Å². The number of halogens is 3. The molecule has 0 aliphatic carbocycles. The van der Waals surface area contributed by atoms with Crippen LogP contribution in [0.25, 0.3) is 11.1 Å². The van der Waals surface area contributed by atoms with Gasteiger partial charge in [0.05, 0.1) is 6.20 Å². The number of imidazole rings is 1. The van der Waals surface area contributed by atoms with Crippen molar-refractivity contribution >= 4 is 5.91 Å². The van der Waals surface area contributed by atoms with Crippen molar-refractivity contribution in [1.82, 2.24) is 14.9 Å². The Kier molecular flexibility index (Phi) is 6.44. The fraction of sp³-hybridized carbons (Fsp3) is 0.273. The molecule has 0 fully saturated rings. The van der Waals surface area contributed by atoms with E-state index in [2.05, 4.69) is 14.7 Å². The van der Waals surface area contributed by atoms with Gasteiger partial charge in [-0.2, -0.15) is 8.78 Å². The van der Waals surface area contributed by atoms with Crippen molar-refractivity contribution in [2.45, 2.75) is 40.0 Å². The van der Waals surface area contributed by atoms with Gasteiger partial charge >= 0.3 is 6.61 Å². The van der Waals surface area contributed by atoms with Gasteiger partial charge in [-0.15, -0.1) is 0 Å². The van der Waals surface area contributed by atoms with E-state index in [0.717, 1.165) is 5.56 Å². The van der Waals surface area contributed by atoms with E-state index in [4.69, 9.17) is 0 Å². The van der Waals surface area contributed by atoms with Gasteiger partial charge in [0, 0.05) is 18.2 Å². The lowest BCUT2D eigenvalue weighted by atomic mass is 10.0. The molecule has 0 unspecified atom stereocenters. The number of rotatable bonds is 7. The molecule has 1 N–H and O–H groups in total. The second-order valence-corrected chi connectivity index (χ2v) is 7.13. The number of amides is 1. The molecule has 1 aromatic heterocycles. The topological polar surface area (TPSA) is 58.2 Å².